The van der Waals surface area contributed by atoms with Gasteiger partial charge in [-0.3, -0.25) is 9.59 Å². The molecule has 7 nitrogen and oxygen atoms in total. The molecule has 2 aliphatic carbocycles. The highest BCUT2D eigenvalue weighted by atomic mass is 16.5. The maximum absolute atomic E-state index is 13.4. The Balaban J connectivity index is 1.39. The van der Waals surface area contributed by atoms with Crippen LogP contribution in [0.4, 0.5) is 4.79 Å². The van der Waals surface area contributed by atoms with Gasteiger partial charge in [0.1, 0.15) is 6.61 Å². The summed E-state index contributed by atoms with van der Waals surface area (Å²) in [5, 5.41) is 12.1. The SMILES string of the molecule is CC(CN(C)C(=O)C1(CNC(=O)OCC2c3ccccc3-c3ccccc32)CCCCC1)C(=O)O. The van der Waals surface area contributed by atoms with Crippen LogP contribution in [0.1, 0.15) is 56.1 Å². The van der Waals surface area contributed by atoms with Crippen LogP contribution >= 0.6 is 0 Å². The second kappa shape index (κ2) is 10.5. The summed E-state index contributed by atoms with van der Waals surface area (Å²) >= 11 is 0. The summed E-state index contributed by atoms with van der Waals surface area (Å²) in [5.41, 5.74) is 3.91. The summed E-state index contributed by atoms with van der Waals surface area (Å²) in [6.45, 7) is 2.14. The lowest BCUT2D eigenvalue weighted by Gasteiger charge is -2.39. The molecule has 1 saturated carbocycles. The Morgan fingerprint density at radius 3 is 2.17 bits per heavy atom. The van der Waals surface area contributed by atoms with Gasteiger partial charge in [0.05, 0.1) is 11.3 Å². The highest BCUT2D eigenvalue weighted by Gasteiger charge is 2.42. The van der Waals surface area contributed by atoms with Crippen LogP contribution in [0.15, 0.2) is 48.5 Å². The Labute approximate surface area is 206 Å². The van der Waals surface area contributed by atoms with E-state index in [1.54, 1.807) is 14.0 Å². The quantitative estimate of drug-likeness (QED) is 0.576. The molecule has 2 N–H and O–H groups in total. The molecule has 186 valence electrons. The standard InChI is InChI=1S/C28H34N2O5/c1-19(25(31)32)16-30(2)26(33)28(14-8-3-9-15-28)18-29-27(34)35-17-24-22-12-6-4-10-20(22)21-11-5-7-13-23(21)24/h4-7,10-13,19,24H,3,8-9,14-18H2,1-2H3,(H,29,34)(H,31,32). The molecule has 1 fully saturated rings. The van der Waals surface area contributed by atoms with Crippen LogP contribution in [0.25, 0.3) is 11.1 Å². The Morgan fingerprint density at radius 2 is 1.60 bits per heavy atom. The number of amides is 2. The molecule has 7 heteroatoms. The third-order valence-corrected chi connectivity index (χ3v) is 7.50. The number of carboxylic acids is 1. The first-order chi connectivity index (χ1) is 16.8. The summed E-state index contributed by atoms with van der Waals surface area (Å²) < 4.78 is 5.66. The van der Waals surface area contributed by atoms with Crippen LogP contribution in [-0.4, -0.2) is 54.7 Å². The molecule has 1 unspecified atom stereocenters. The van der Waals surface area contributed by atoms with Gasteiger partial charge in [0.2, 0.25) is 5.91 Å². The van der Waals surface area contributed by atoms with E-state index in [0.717, 1.165) is 30.4 Å². The largest absolute Gasteiger partial charge is 0.481 e. The number of ether oxygens (including phenoxy) is 1. The van der Waals surface area contributed by atoms with Crippen LogP contribution in [0.3, 0.4) is 0 Å². The fraction of sp³-hybridized carbons (Fsp3) is 0.464. The van der Waals surface area contributed by atoms with E-state index in [1.807, 2.05) is 24.3 Å². The molecule has 0 bridgehead atoms. The van der Waals surface area contributed by atoms with Gasteiger partial charge < -0.3 is 20.1 Å². The van der Waals surface area contributed by atoms with Crippen LogP contribution in [0, 0.1) is 11.3 Å². The average Bonchev–Trinajstić information content (AvgIpc) is 3.20. The molecular weight excluding hydrogens is 444 g/mol. The number of hydrogen-bond donors (Lipinski definition) is 2. The zero-order valence-electron chi connectivity index (χ0n) is 20.5. The van der Waals surface area contributed by atoms with E-state index in [2.05, 4.69) is 29.6 Å². The molecule has 1 atom stereocenters. The average molecular weight is 479 g/mol. The number of benzene rings is 2. The molecule has 0 aliphatic heterocycles. The van der Waals surface area contributed by atoms with E-state index in [-0.39, 0.29) is 31.5 Å². The normalized spacial score (nSPS) is 17.1. The fourth-order valence-corrected chi connectivity index (χ4v) is 5.56. The van der Waals surface area contributed by atoms with E-state index in [4.69, 9.17) is 4.74 Å². The smallest absolute Gasteiger partial charge is 0.407 e. The van der Waals surface area contributed by atoms with Gasteiger partial charge in [-0.25, -0.2) is 4.79 Å². The number of nitrogens with one attached hydrogen (secondary N) is 1. The highest BCUT2D eigenvalue weighted by molar-refractivity contribution is 5.84. The summed E-state index contributed by atoms with van der Waals surface area (Å²) in [6.07, 6.45) is 3.66. The molecule has 2 aliphatic rings. The highest BCUT2D eigenvalue weighted by Crippen LogP contribution is 2.44. The van der Waals surface area contributed by atoms with Crippen LogP contribution in [0.2, 0.25) is 0 Å². The van der Waals surface area contributed by atoms with Crippen molar-refractivity contribution in [3.8, 4) is 11.1 Å². The van der Waals surface area contributed by atoms with Gasteiger partial charge in [0.15, 0.2) is 0 Å². The van der Waals surface area contributed by atoms with E-state index in [1.165, 1.54) is 16.0 Å². The maximum atomic E-state index is 13.4. The minimum Gasteiger partial charge on any atom is -0.481 e. The first-order valence-corrected chi connectivity index (χ1v) is 12.4. The lowest BCUT2D eigenvalue weighted by atomic mass is 9.72. The van der Waals surface area contributed by atoms with Gasteiger partial charge in [0, 0.05) is 26.1 Å². The number of rotatable bonds is 8. The summed E-state index contributed by atoms with van der Waals surface area (Å²) in [6, 6.07) is 16.4. The Hall–Kier alpha value is -3.35. The molecule has 2 aromatic carbocycles. The first kappa shape index (κ1) is 24.8. The Morgan fingerprint density at radius 1 is 1.03 bits per heavy atom. The molecular formula is C28H34N2O5. The first-order valence-electron chi connectivity index (χ1n) is 12.4. The Kier molecular flexibility index (Phi) is 7.43. The van der Waals surface area contributed by atoms with Gasteiger partial charge in [-0.05, 0) is 35.1 Å². The van der Waals surface area contributed by atoms with Crippen LogP contribution in [0.5, 0.6) is 0 Å². The third-order valence-electron chi connectivity index (χ3n) is 7.50. The number of alkyl carbamates (subject to hydrolysis) is 1. The maximum Gasteiger partial charge on any atom is 0.407 e. The van der Waals surface area contributed by atoms with Crippen LogP contribution in [-0.2, 0) is 14.3 Å². The third kappa shape index (κ3) is 5.19. The Bertz CT molecular complexity index is 1050. The number of hydrogen-bond acceptors (Lipinski definition) is 4. The van der Waals surface area contributed by atoms with Crippen molar-refractivity contribution in [2.45, 2.75) is 44.9 Å². The molecule has 2 aromatic rings. The predicted molar refractivity (Wildman–Crippen MR) is 133 cm³/mol. The summed E-state index contributed by atoms with van der Waals surface area (Å²) in [4.78, 5) is 38.9. The van der Waals surface area contributed by atoms with Gasteiger partial charge in [-0.15, -0.1) is 0 Å². The minimum absolute atomic E-state index is 0.0259. The van der Waals surface area contributed by atoms with Crippen LogP contribution < -0.4 is 5.32 Å². The monoisotopic (exact) mass is 478 g/mol. The molecule has 0 saturated heterocycles. The van der Waals surface area contributed by atoms with Crippen molar-refractivity contribution in [3.05, 3.63) is 59.7 Å². The van der Waals surface area contributed by atoms with E-state index in [0.29, 0.717) is 12.8 Å². The lowest BCUT2D eigenvalue weighted by Crippen LogP contribution is -2.51. The van der Waals surface area contributed by atoms with Gasteiger partial charge >= 0.3 is 12.1 Å². The predicted octanol–water partition coefficient (Wildman–Crippen LogP) is 4.65. The zero-order valence-corrected chi connectivity index (χ0v) is 20.5. The zero-order chi connectivity index (χ0) is 25.0. The van der Waals surface area contributed by atoms with Crippen molar-refractivity contribution in [2.75, 3.05) is 26.7 Å². The number of nitrogens with zero attached hydrogens (tertiary/aromatic N) is 1. The number of fused-ring (bicyclic) bond motifs is 3. The summed E-state index contributed by atoms with van der Waals surface area (Å²) in [7, 11) is 1.64. The number of carboxylic acid groups (broad SMARTS) is 1. The van der Waals surface area contributed by atoms with E-state index in [9.17, 15) is 19.5 Å². The van der Waals surface area contributed by atoms with Crippen molar-refractivity contribution in [1.29, 1.82) is 0 Å². The molecule has 0 aromatic heterocycles. The molecule has 2 amide bonds. The van der Waals surface area contributed by atoms with E-state index >= 15 is 0 Å². The second-order valence-corrected chi connectivity index (χ2v) is 9.95. The van der Waals surface area contributed by atoms with Gasteiger partial charge in [-0.1, -0.05) is 74.7 Å². The van der Waals surface area contributed by atoms with Gasteiger partial charge in [0.25, 0.3) is 0 Å². The summed E-state index contributed by atoms with van der Waals surface area (Å²) in [5.74, 6) is -1.72. The van der Waals surface area contributed by atoms with Crippen molar-refractivity contribution >= 4 is 18.0 Å². The van der Waals surface area contributed by atoms with Gasteiger partial charge in [-0.2, -0.15) is 0 Å². The number of carbonyl (C=O) groups is 3. The van der Waals surface area contributed by atoms with Crippen molar-refractivity contribution in [2.24, 2.45) is 11.3 Å². The van der Waals surface area contributed by atoms with Crippen molar-refractivity contribution < 1.29 is 24.2 Å². The molecule has 0 heterocycles. The van der Waals surface area contributed by atoms with Crippen molar-refractivity contribution in [3.63, 3.8) is 0 Å². The molecule has 0 spiro atoms. The number of aliphatic carboxylic acids is 1. The molecule has 35 heavy (non-hydrogen) atoms. The minimum atomic E-state index is -0.931. The second-order valence-electron chi connectivity index (χ2n) is 9.95. The molecule has 0 radical (unpaired) electrons. The molecule has 4 rings (SSSR count). The fourth-order valence-electron chi connectivity index (χ4n) is 5.56. The lowest BCUT2D eigenvalue weighted by molar-refractivity contribution is -0.146. The van der Waals surface area contributed by atoms with Crippen molar-refractivity contribution in [1.82, 2.24) is 10.2 Å². The van der Waals surface area contributed by atoms with E-state index < -0.39 is 23.4 Å². The number of carbonyl (C=O) groups excluding carboxylic acids is 2. The topological polar surface area (TPSA) is 95.9 Å².